The molecule has 1 aromatic carbocycles. The third kappa shape index (κ3) is 3.69. The molecule has 100 valence electrons. The van der Waals surface area contributed by atoms with E-state index in [0.717, 1.165) is 0 Å². The molecule has 1 N–H and O–H groups in total. The molecule has 0 aliphatic heterocycles. The molecular formula is C11H10BrF4NO. The number of hydrogen-bond acceptors (Lipinski definition) is 1. The van der Waals surface area contributed by atoms with Crippen molar-refractivity contribution >= 4 is 27.5 Å². The summed E-state index contributed by atoms with van der Waals surface area (Å²) in [5, 5.41) is 2.10. The van der Waals surface area contributed by atoms with Crippen LogP contribution in [-0.2, 0) is 11.0 Å². The van der Waals surface area contributed by atoms with Gasteiger partial charge in [0.05, 0.1) is 15.6 Å². The zero-order valence-electron chi connectivity index (χ0n) is 9.53. The average Bonchev–Trinajstić information content (AvgIpc) is 2.18. The highest BCUT2D eigenvalue weighted by molar-refractivity contribution is 9.10. The van der Waals surface area contributed by atoms with Gasteiger partial charge in [0.15, 0.2) is 0 Å². The minimum Gasteiger partial charge on any atom is -0.322 e. The summed E-state index contributed by atoms with van der Waals surface area (Å²) < 4.78 is 49.6. The highest BCUT2D eigenvalue weighted by Crippen LogP contribution is 2.32. The molecule has 0 aliphatic rings. The van der Waals surface area contributed by atoms with Gasteiger partial charge in [-0.05, 0) is 32.0 Å². The number of benzene rings is 1. The first-order valence-corrected chi connectivity index (χ1v) is 5.68. The SMILES string of the molecule is CC(C)(Br)C(=O)Nc1cc(C(F)(F)F)ccc1F. The molecule has 0 spiro atoms. The van der Waals surface area contributed by atoms with Crippen LogP contribution < -0.4 is 5.32 Å². The van der Waals surface area contributed by atoms with Crippen LogP contribution in [0.1, 0.15) is 19.4 Å². The van der Waals surface area contributed by atoms with Crippen LogP contribution in [0, 0.1) is 5.82 Å². The Balaban J connectivity index is 3.06. The van der Waals surface area contributed by atoms with Crippen LogP contribution in [-0.4, -0.2) is 10.2 Å². The molecule has 0 aromatic heterocycles. The summed E-state index contributed by atoms with van der Waals surface area (Å²) in [5.41, 5.74) is -1.52. The predicted octanol–water partition coefficient (Wildman–Crippen LogP) is 3.96. The number of rotatable bonds is 2. The molecule has 0 unspecified atom stereocenters. The summed E-state index contributed by atoms with van der Waals surface area (Å²) in [7, 11) is 0. The first-order chi connectivity index (χ1) is 8.01. The molecule has 0 fully saturated rings. The van der Waals surface area contributed by atoms with Gasteiger partial charge in [-0.15, -0.1) is 0 Å². The van der Waals surface area contributed by atoms with Crippen LogP contribution in [0.2, 0.25) is 0 Å². The van der Waals surface area contributed by atoms with E-state index >= 15 is 0 Å². The van der Waals surface area contributed by atoms with Crippen LogP contribution in [0.3, 0.4) is 0 Å². The van der Waals surface area contributed by atoms with Crippen molar-refractivity contribution in [3.63, 3.8) is 0 Å². The lowest BCUT2D eigenvalue weighted by Gasteiger charge is -2.17. The van der Waals surface area contributed by atoms with Gasteiger partial charge in [-0.3, -0.25) is 4.79 Å². The van der Waals surface area contributed by atoms with E-state index in [-0.39, 0.29) is 0 Å². The van der Waals surface area contributed by atoms with Crippen molar-refractivity contribution < 1.29 is 22.4 Å². The quantitative estimate of drug-likeness (QED) is 0.646. The zero-order chi connectivity index (χ0) is 14.1. The normalized spacial score (nSPS) is 12.4. The van der Waals surface area contributed by atoms with Crippen molar-refractivity contribution in [1.82, 2.24) is 0 Å². The second kappa shape index (κ2) is 4.87. The van der Waals surface area contributed by atoms with Gasteiger partial charge in [0, 0.05) is 0 Å². The molecule has 0 atom stereocenters. The maximum atomic E-state index is 13.3. The Bertz CT molecular complexity index is 465. The summed E-state index contributed by atoms with van der Waals surface area (Å²) in [6, 6.07) is 1.84. The van der Waals surface area contributed by atoms with Crippen LogP contribution in [0.25, 0.3) is 0 Å². The number of alkyl halides is 4. The van der Waals surface area contributed by atoms with E-state index in [1.54, 1.807) is 0 Å². The van der Waals surface area contributed by atoms with Crippen molar-refractivity contribution in [3.8, 4) is 0 Å². The Morgan fingerprint density at radius 3 is 2.28 bits per heavy atom. The fourth-order valence-electron chi connectivity index (χ4n) is 1.07. The van der Waals surface area contributed by atoms with Gasteiger partial charge in [0.25, 0.3) is 0 Å². The molecule has 18 heavy (non-hydrogen) atoms. The number of hydrogen-bond donors (Lipinski definition) is 1. The molecule has 0 heterocycles. The van der Waals surface area contributed by atoms with Gasteiger partial charge in [0.2, 0.25) is 5.91 Å². The Labute approximate surface area is 109 Å². The van der Waals surface area contributed by atoms with Gasteiger partial charge in [-0.25, -0.2) is 4.39 Å². The second-order valence-corrected chi connectivity index (χ2v) is 6.10. The standard InChI is InChI=1S/C11H10BrF4NO/c1-10(2,12)9(18)17-8-5-6(11(14,15)16)3-4-7(8)13/h3-5H,1-2H3,(H,17,18). The largest absolute Gasteiger partial charge is 0.416 e. The summed E-state index contributed by atoms with van der Waals surface area (Å²) in [4.78, 5) is 11.5. The van der Waals surface area contributed by atoms with Gasteiger partial charge in [-0.2, -0.15) is 13.2 Å². The minimum atomic E-state index is -4.59. The third-order valence-electron chi connectivity index (χ3n) is 2.08. The Morgan fingerprint density at radius 1 is 1.28 bits per heavy atom. The topological polar surface area (TPSA) is 29.1 Å². The Morgan fingerprint density at radius 2 is 1.83 bits per heavy atom. The second-order valence-electron chi connectivity index (χ2n) is 4.12. The summed E-state index contributed by atoms with van der Waals surface area (Å²) in [5.74, 6) is -1.56. The van der Waals surface area contributed by atoms with Gasteiger partial charge in [-0.1, -0.05) is 15.9 Å². The summed E-state index contributed by atoms with van der Waals surface area (Å²) in [6.45, 7) is 2.99. The van der Waals surface area contributed by atoms with E-state index in [4.69, 9.17) is 0 Å². The van der Waals surface area contributed by atoms with Crippen LogP contribution in [0.4, 0.5) is 23.2 Å². The molecule has 0 saturated heterocycles. The van der Waals surface area contributed by atoms with E-state index in [1.165, 1.54) is 13.8 Å². The molecule has 0 aliphatic carbocycles. The van der Waals surface area contributed by atoms with Crippen molar-refractivity contribution in [1.29, 1.82) is 0 Å². The van der Waals surface area contributed by atoms with E-state index in [0.29, 0.717) is 18.2 Å². The Hall–Kier alpha value is -1.11. The van der Waals surface area contributed by atoms with Crippen molar-refractivity contribution in [2.45, 2.75) is 24.3 Å². The highest BCUT2D eigenvalue weighted by atomic mass is 79.9. The van der Waals surface area contributed by atoms with Crippen LogP contribution in [0.15, 0.2) is 18.2 Å². The van der Waals surface area contributed by atoms with E-state index in [1.807, 2.05) is 0 Å². The van der Waals surface area contributed by atoms with Gasteiger partial charge in [0.1, 0.15) is 5.82 Å². The molecule has 0 bridgehead atoms. The number of halogens is 5. The Kier molecular flexibility index (Phi) is 4.05. The fourth-order valence-corrected chi connectivity index (χ4v) is 1.17. The summed E-state index contributed by atoms with van der Waals surface area (Å²) >= 11 is 3.03. The number of nitrogens with one attached hydrogen (secondary N) is 1. The first kappa shape index (κ1) is 14.9. The summed E-state index contributed by atoms with van der Waals surface area (Å²) in [6.07, 6.45) is -4.59. The van der Waals surface area contributed by atoms with Crippen LogP contribution >= 0.6 is 15.9 Å². The molecule has 0 radical (unpaired) electrons. The van der Waals surface area contributed by atoms with Gasteiger partial charge < -0.3 is 5.32 Å². The molecule has 1 aromatic rings. The first-order valence-electron chi connectivity index (χ1n) is 4.89. The molecule has 2 nitrogen and oxygen atoms in total. The van der Waals surface area contributed by atoms with Gasteiger partial charge >= 0.3 is 6.18 Å². The van der Waals surface area contributed by atoms with Crippen molar-refractivity contribution in [3.05, 3.63) is 29.6 Å². The molecule has 0 saturated carbocycles. The number of carbonyl (C=O) groups is 1. The van der Waals surface area contributed by atoms with E-state index < -0.39 is 33.5 Å². The third-order valence-corrected chi connectivity index (χ3v) is 2.44. The average molecular weight is 328 g/mol. The lowest BCUT2D eigenvalue weighted by molar-refractivity contribution is -0.137. The maximum absolute atomic E-state index is 13.3. The highest BCUT2D eigenvalue weighted by Gasteiger charge is 2.32. The smallest absolute Gasteiger partial charge is 0.322 e. The lowest BCUT2D eigenvalue weighted by Crippen LogP contribution is -2.31. The molecular weight excluding hydrogens is 318 g/mol. The van der Waals surface area contributed by atoms with E-state index in [2.05, 4.69) is 21.2 Å². The zero-order valence-corrected chi connectivity index (χ0v) is 11.1. The fraction of sp³-hybridized carbons (Fsp3) is 0.364. The maximum Gasteiger partial charge on any atom is 0.416 e. The molecule has 1 amide bonds. The minimum absolute atomic E-state index is 0.498. The van der Waals surface area contributed by atoms with Crippen LogP contribution in [0.5, 0.6) is 0 Å². The van der Waals surface area contributed by atoms with Crippen molar-refractivity contribution in [2.75, 3.05) is 5.32 Å². The molecule has 7 heteroatoms. The lowest BCUT2D eigenvalue weighted by atomic mass is 10.1. The van der Waals surface area contributed by atoms with E-state index in [9.17, 15) is 22.4 Å². The number of amides is 1. The monoisotopic (exact) mass is 327 g/mol. The predicted molar refractivity (Wildman–Crippen MR) is 63.0 cm³/mol. The number of carbonyl (C=O) groups excluding carboxylic acids is 1. The number of anilines is 1. The molecule has 1 rings (SSSR count). The van der Waals surface area contributed by atoms with Crippen molar-refractivity contribution in [2.24, 2.45) is 0 Å².